The number of carbonyl (C=O) groups excluding carboxylic acids is 1. The summed E-state index contributed by atoms with van der Waals surface area (Å²) in [6.07, 6.45) is 2.62. The van der Waals surface area contributed by atoms with Crippen molar-refractivity contribution in [3.8, 4) is 0 Å². The summed E-state index contributed by atoms with van der Waals surface area (Å²) < 4.78 is 1.27. The predicted octanol–water partition coefficient (Wildman–Crippen LogP) is 4.04. The van der Waals surface area contributed by atoms with Gasteiger partial charge in [0.25, 0.3) is 0 Å². The summed E-state index contributed by atoms with van der Waals surface area (Å²) in [5.41, 5.74) is 3.34. The van der Waals surface area contributed by atoms with Crippen LogP contribution < -0.4 is 5.32 Å². The number of aryl methyl sites for hydroxylation is 2. The summed E-state index contributed by atoms with van der Waals surface area (Å²) in [5, 5.41) is 2.94. The number of benzene rings is 1. The summed E-state index contributed by atoms with van der Waals surface area (Å²) in [7, 11) is 0. The van der Waals surface area contributed by atoms with Crippen molar-refractivity contribution >= 4 is 34.2 Å². The number of hydrogen-bond donors (Lipinski definition) is 1. The molecule has 0 aliphatic rings. The summed E-state index contributed by atoms with van der Waals surface area (Å²) in [5.74, 6) is 0.113. The minimum absolute atomic E-state index is 0.113. The highest BCUT2D eigenvalue weighted by Gasteiger charge is 2.05. The van der Waals surface area contributed by atoms with E-state index in [1.807, 2.05) is 12.1 Å². The number of nitrogens with one attached hydrogen (secondary N) is 1. The van der Waals surface area contributed by atoms with Gasteiger partial charge in [0.15, 0.2) is 0 Å². The molecule has 1 amide bonds. The van der Waals surface area contributed by atoms with Crippen LogP contribution >= 0.6 is 22.6 Å². The zero-order chi connectivity index (χ0) is 12.1. The van der Waals surface area contributed by atoms with Crippen LogP contribution in [0.15, 0.2) is 12.1 Å². The Hall–Kier alpha value is -0.580. The van der Waals surface area contributed by atoms with Gasteiger partial charge in [-0.25, -0.2) is 0 Å². The van der Waals surface area contributed by atoms with E-state index in [2.05, 4.69) is 48.7 Å². The molecular weight excluding hydrogens is 313 g/mol. The molecule has 1 aromatic carbocycles. The van der Waals surface area contributed by atoms with E-state index >= 15 is 0 Å². The molecule has 1 N–H and O–H groups in total. The van der Waals surface area contributed by atoms with Gasteiger partial charge < -0.3 is 5.32 Å². The molecule has 0 heterocycles. The first-order valence-corrected chi connectivity index (χ1v) is 6.69. The Balaban J connectivity index is 2.71. The average Bonchev–Trinajstić information content (AvgIpc) is 2.23. The standard InChI is InChI=1S/C13H18INO/c1-4-5-6-12(16)15-11-7-9(2)13(14)10(3)8-11/h7-8H,4-6H2,1-3H3,(H,15,16). The van der Waals surface area contributed by atoms with Crippen LogP contribution in [0.2, 0.25) is 0 Å². The van der Waals surface area contributed by atoms with Crippen molar-refractivity contribution < 1.29 is 4.79 Å². The second kappa shape index (κ2) is 6.23. The smallest absolute Gasteiger partial charge is 0.224 e. The fraction of sp³-hybridized carbons (Fsp3) is 0.462. The second-order valence-electron chi connectivity index (χ2n) is 4.08. The van der Waals surface area contributed by atoms with E-state index in [1.54, 1.807) is 0 Å². The lowest BCUT2D eigenvalue weighted by Crippen LogP contribution is -2.11. The van der Waals surface area contributed by atoms with E-state index < -0.39 is 0 Å². The summed E-state index contributed by atoms with van der Waals surface area (Å²) in [6.45, 7) is 6.22. The summed E-state index contributed by atoms with van der Waals surface area (Å²) in [6, 6.07) is 4.05. The average molecular weight is 331 g/mol. The van der Waals surface area contributed by atoms with Gasteiger partial charge in [0.2, 0.25) is 5.91 Å². The predicted molar refractivity (Wildman–Crippen MR) is 76.8 cm³/mol. The lowest BCUT2D eigenvalue weighted by Gasteiger charge is -2.09. The molecule has 3 heteroatoms. The van der Waals surface area contributed by atoms with Crippen molar-refractivity contribution in [1.82, 2.24) is 0 Å². The third kappa shape index (κ3) is 3.77. The molecule has 16 heavy (non-hydrogen) atoms. The zero-order valence-electron chi connectivity index (χ0n) is 10.1. The lowest BCUT2D eigenvalue weighted by molar-refractivity contribution is -0.116. The Morgan fingerprint density at radius 2 is 1.88 bits per heavy atom. The summed E-state index contributed by atoms with van der Waals surface area (Å²) in [4.78, 5) is 11.6. The second-order valence-corrected chi connectivity index (χ2v) is 5.15. The summed E-state index contributed by atoms with van der Waals surface area (Å²) >= 11 is 2.33. The third-order valence-corrected chi connectivity index (χ3v) is 4.18. The molecule has 0 bridgehead atoms. The van der Waals surface area contributed by atoms with Gasteiger partial charge >= 0.3 is 0 Å². The number of unbranched alkanes of at least 4 members (excludes halogenated alkanes) is 1. The maximum atomic E-state index is 11.6. The lowest BCUT2D eigenvalue weighted by atomic mass is 10.1. The number of rotatable bonds is 4. The molecule has 0 aliphatic carbocycles. The van der Waals surface area contributed by atoms with E-state index in [0.717, 1.165) is 18.5 Å². The van der Waals surface area contributed by atoms with E-state index in [4.69, 9.17) is 0 Å². The van der Waals surface area contributed by atoms with E-state index in [0.29, 0.717) is 6.42 Å². The first kappa shape index (κ1) is 13.5. The maximum Gasteiger partial charge on any atom is 0.224 e. The Morgan fingerprint density at radius 1 is 1.31 bits per heavy atom. The van der Waals surface area contributed by atoms with Crippen molar-refractivity contribution in [1.29, 1.82) is 0 Å². The quantitative estimate of drug-likeness (QED) is 0.829. The van der Waals surface area contributed by atoms with E-state index in [9.17, 15) is 4.79 Å². The van der Waals surface area contributed by atoms with Crippen LogP contribution in [0, 0.1) is 17.4 Å². The molecule has 0 saturated carbocycles. The molecule has 0 radical (unpaired) electrons. The topological polar surface area (TPSA) is 29.1 Å². The fourth-order valence-electron chi connectivity index (χ4n) is 1.58. The molecule has 2 nitrogen and oxygen atoms in total. The third-order valence-electron chi connectivity index (χ3n) is 2.48. The minimum atomic E-state index is 0.113. The highest BCUT2D eigenvalue weighted by Crippen LogP contribution is 2.21. The number of halogens is 1. The first-order valence-electron chi connectivity index (χ1n) is 5.61. The van der Waals surface area contributed by atoms with E-state index in [-0.39, 0.29) is 5.91 Å². The van der Waals surface area contributed by atoms with Crippen LogP contribution in [0.3, 0.4) is 0 Å². The van der Waals surface area contributed by atoms with Crippen molar-refractivity contribution in [2.45, 2.75) is 40.0 Å². The van der Waals surface area contributed by atoms with Gasteiger partial charge in [-0.2, -0.15) is 0 Å². The van der Waals surface area contributed by atoms with Crippen molar-refractivity contribution in [2.24, 2.45) is 0 Å². The van der Waals surface area contributed by atoms with Gasteiger partial charge in [-0.1, -0.05) is 13.3 Å². The maximum absolute atomic E-state index is 11.6. The first-order chi connectivity index (χ1) is 7.54. The molecule has 0 saturated heterocycles. The number of carbonyl (C=O) groups is 1. The van der Waals surface area contributed by atoms with Gasteiger partial charge in [0.05, 0.1) is 0 Å². The van der Waals surface area contributed by atoms with Crippen LogP contribution in [-0.4, -0.2) is 5.91 Å². The Labute approximate surface area is 111 Å². The number of hydrogen-bond acceptors (Lipinski definition) is 1. The Kier molecular flexibility index (Phi) is 5.25. The molecule has 1 rings (SSSR count). The molecule has 0 atom stereocenters. The Bertz CT molecular complexity index is 365. The van der Waals surface area contributed by atoms with Crippen LogP contribution in [0.1, 0.15) is 37.3 Å². The van der Waals surface area contributed by atoms with E-state index in [1.165, 1.54) is 14.7 Å². The molecule has 1 aromatic rings. The highest BCUT2D eigenvalue weighted by molar-refractivity contribution is 14.1. The Morgan fingerprint density at radius 3 is 2.38 bits per heavy atom. The van der Waals surface area contributed by atoms with Crippen molar-refractivity contribution in [2.75, 3.05) is 5.32 Å². The molecule has 0 aliphatic heterocycles. The fourth-order valence-corrected chi connectivity index (χ4v) is 1.89. The molecule has 0 spiro atoms. The number of amides is 1. The zero-order valence-corrected chi connectivity index (χ0v) is 12.2. The van der Waals surface area contributed by atoms with Gasteiger partial charge in [0, 0.05) is 15.7 Å². The van der Waals surface area contributed by atoms with Gasteiger partial charge in [-0.05, 0) is 66.1 Å². The van der Waals surface area contributed by atoms with Gasteiger partial charge in [-0.3, -0.25) is 4.79 Å². The van der Waals surface area contributed by atoms with Crippen molar-refractivity contribution in [3.05, 3.63) is 26.8 Å². The van der Waals surface area contributed by atoms with Crippen LogP contribution in [-0.2, 0) is 4.79 Å². The van der Waals surface area contributed by atoms with Crippen LogP contribution in [0.25, 0.3) is 0 Å². The molecular formula is C13H18INO. The molecule has 0 fully saturated rings. The van der Waals surface area contributed by atoms with Crippen LogP contribution in [0.4, 0.5) is 5.69 Å². The molecule has 88 valence electrons. The largest absolute Gasteiger partial charge is 0.326 e. The molecule has 0 unspecified atom stereocenters. The monoisotopic (exact) mass is 331 g/mol. The van der Waals surface area contributed by atoms with Gasteiger partial charge in [0.1, 0.15) is 0 Å². The highest BCUT2D eigenvalue weighted by atomic mass is 127. The molecule has 0 aromatic heterocycles. The minimum Gasteiger partial charge on any atom is -0.326 e. The SMILES string of the molecule is CCCCC(=O)Nc1cc(C)c(I)c(C)c1. The normalized spacial score (nSPS) is 10.2. The van der Waals surface area contributed by atoms with Crippen molar-refractivity contribution in [3.63, 3.8) is 0 Å². The van der Waals surface area contributed by atoms with Crippen LogP contribution in [0.5, 0.6) is 0 Å². The van der Waals surface area contributed by atoms with Gasteiger partial charge in [-0.15, -0.1) is 0 Å². The number of anilines is 1.